The molecule has 2 amide bonds. The van der Waals surface area contributed by atoms with Gasteiger partial charge in [0, 0.05) is 18.5 Å². The molecule has 2 N–H and O–H groups in total. The molecule has 22 heavy (non-hydrogen) atoms. The predicted molar refractivity (Wildman–Crippen MR) is 84.3 cm³/mol. The normalized spacial score (nSPS) is 16.0. The van der Waals surface area contributed by atoms with E-state index in [1.54, 1.807) is 11.3 Å². The first-order chi connectivity index (χ1) is 10.6. The van der Waals surface area contributed by atoms with Crippen LogP contribution in [0, 0.1) is 13.8 Å². The van der Waals surface area contributed by atoms with Crippen LogP contribution in [-0.4, -0.2) is 29.4 Å². The number of fused-ring (bicyclic) bond motifs is 1. The summed E-state index contributed by atoms with van der Waals surface area (Å²) >= 11 is 1.55. The minimum absolute atomic E-state index is 0.0985. The third kappa shape index (κ3) is 3.36. The first-order valence-electron chi connectivity index (χ1n) is 7.18. The lowest BCUT2D eigenvalue weighted by Gasteiger charge is -2.12. The van der Waals surface area contributed by atoms with Crippen LogP contribution in [0.15, 0.2) is 18.2 Å². The number of hydrogen-bond acceptors (Lipinski definition) is 5. The number of carbonyl (C=O) groups is 1. The van der Waals surface area contributed by atoms with Crippen molar-refractivity contribution in [2.45, 2.75) is 26.3 Å². The molecule has 0 aliphatic carbocycles. The molecule has 1 aromatic carbocycles. The van der Waals surface area contributed by atoms with Gasteiger partial charge in [-0.15, -0.1) is 21.5 Å². The van der Waals surface area contributed by atoms with Gasteiger partial charge in [-0.2, -0.15) is 0 Å². The molecule has 0 fully saturated rings. The first-order valence-corrected chi connectivity index (χ1v) is 8.00. The van der Waals surface area contributed by atoms with E-state index in [0.717, 1.165) is 26.9 Å². The van der Waals surface area contributed by atoms with Gasteiger partial charge in [-0.25, -0.2) is 4.79 Å². The van der Waals surface area contributed by atoms with E-state index in [1.165, 1.54) is 0 Å². The van der Waals surface area contributed by atoms with Crippen LogP contribution in [-0.2, 0) is 6.42 Å². The van der Waals surface area contributed by atoms with E-state index in [1.807, 2.05) is 26.0 Å². The van der Waals surface area contributed by atoms with E-state index in [-0.39, 0.29) is 12.1 Å². The maximum atomic E-state index is 12.0. The number of carbonyl (C=O) groups excluding carboxylic acids is 1. The van der Waals surface area contributed by atoms with Crippen molar-refractivity contribution in [3.05, 3.63) is 39.3 Å². The minimum Gasteiger partial charge on any atom is -0.491 e. The maximum Gasteiger partial charge on any atom is 0.315 e. The van der Waals surface area contributed by atoms with Crippen molar-refractivity contribution >= 4 is 17.4 Å². The first kappa shape index (κ1) is 14.8. The molecule has 2 aromatic rings. The molecule has 0 saturated carbocycles. The lowest BCUT2D eigenvalue weighted by Crippen LogP contribution is -2.39. The second-order valence-electron chi connectivity index (χ2n) is 5.27. The van der Waals surface area contributed by atoms with Crippen molar-refractivity contribution in [2.75, 3.05) is 13.2 Å². The Labute approximate surface area is 132 Å². The molecule has 6 nitrogen and oxygen atoms in total. The fourth-order valence-corrected chi connectivity index (χ4v) is 3.09. The molecule has 0 spiro atoms. The number of ether oxygens (including phenoxy) is 1. The molecule has 1 aliphatic heterocycles. The Hall–Kier alpha value is -2.15. The summed E-state index contributed by atoms with van der Waals surface area (Å²) in [6.07, 6.45) is 0.690. The standard InChI is InChI=1S/C15H18N4O2S/c1-9-3-4-13-11(7-9)12(8-21-13)17-15(20)16-6-5-14-19-18-10(2)22-14/h3-4,7,12H,5-6,8H2,1-2H3,(H2,16,17,20). The topological polar surface area (TPSA) is 76.1 Å². The molecule has 0 bridgehead atoms. The summed E-state index contributed by atoms with van der Waals surface area (Å²) in [6.45, 7) is 4.96. The van der Waals surface area contributed by atoms with Crippen LogP contribution in [0.3, 0.4) is 0 Å². The highest BCUT2D eigenvalue weighted by molar-refractivity contribution is 7.11. The van der Waals surface area contributed by atoms with Gasteiger partial charge in [-0.05, 0) is 19.9 Å². The van der Waals surface area contributed by atoms with Crippen molar-refractivity contribution < 1.29 is 9.53 Å². The Morgan fingerprint density at radius 1 is 1.41 bits per heavy atom. The van der Waals surface area contributed by atoms with Gasteiger partial charge >= 0.3 is 6.03 Å². The highest BCUT2D eigenvalue weighted by atomic mass is 32.1. The molecule has 1 aromatic heterocycles. The average molecular weight is 318 g/mol. The molecule has 116 valence electrons. The fraction of sp³-hybridized carbons (Fsp3) is 0.400. The monoisotopic (exact) mass is 318 g/mol. The number of urea groups is 1. The zero-order valence-corrected chi connectivity index (χ0v) is 13.4. The van der Waals surface area contributed by atoms with E-state index in [4.69, 9.17) is 4.74 Å². The molecule has 1 atom stereocenters. The Kier molecular flexibility index (Phi) is 4.24. The number of hydrogen-bond donors (Lipinski definition) is 2. The summed E-state index contributed by atoms with van der Waals surface area (Å²) in [4.78, 5) is 12.0. The molecule has 1 unspecified atom stereocenters. The molecule has 2 heterocycles. The second-order valence-corrected chi connectivity index (χ2v) is 6.54. The zero-order chi connectivity index (χ0) is 15.5. The van der Waals surface area contributed by atoms with Crippen molar-refractivity contribution in [1.82, 2.24) is 20.8 Å². The van der Waals surface area contributed by atoms with Crippen LogP contribution < -0.4 is 15.4 Å². The summed E-state index contributed by atoms with van der Waals surface area (Å²) in [5, 5.41) is 15.7. The third-order valence-electron chi connectivity index (χ3n) is 3.44. The third-order valence-corrected chi connectivity index (χ3v) is 4.34. The van der Waals surface area contributed by atoms with Crippen molar-refractivity contribution in [3.63, 3.8) is 0 Å². The van der Waals surface area contributed by atoms with Gasteiger partial charge < -0.3 is 15.4 Å². The summed E-state index contributed by atoms with van der Waals surface area (Å²) in [5.74, 6) is 0.847. The molecule has 0 radical (unpaired) electrons. The highest BCUT2D eigenvalue weighted by Gasteiger charge is 2.25. The predicted octanol–water partition coefficient (Wildman–Crippen LogP) is 2.13. The molecule has 3 rings (SSSR count). The van der Waals surface area contributed by atoms with Gasteiger partial charge in [-0.1, -0.05) is 17.7 Å². The lowest BCUT2D eigenvalue weighted by atomic mass is 10.1. The van der Waals surface area contributed by atoms with Crippen LogP contribution in [0.2, 0.25) is 0 Å². The van der Waals surface area contributed by atoms with Gasteiger partial charge in [0.05, 0.1) is 6.04 Å². The zero-order valence-electron chi connectivity index (χ0n) is 12.5. The Balaban J connectivity index is 1.50. The Bertz CT molecular complexity index is 686. The molecule has 1 aliphatic rings. The van der Waals surface area contributed by atoms with E-state index in [0.29, 0.717) is 19.6 Å². The molecular weight excluding hydrogens is 300 g/mol. The SMILES string of the molecule is Cc1ccc2c(c1)C(NC(=O)NCCc1nnc(C)s1)CO2. The number of aryl methyl sites for hydroxylation is 2. The van der Waals surface area contributed by atoms with E-state index in [9.17, 15) is 4.79 Å². The second kappa shape index (κ2) is 6.31. The van der Waals surface area contributed by atoms with Gasteiger partial charge in [0.2, 0.25) is 0 Å². The van der Waals surface area contributed by atoms with Gasteiger partial charge in [0.1, 0.15) is 22.4 Å². The van der Waals surface area contributed by atoms with E-state index in [2.05, 4.69) is 26.9 Å². The van der Waals surface area contributed by atoms with Crippen LogP contribution in [0.1, 0.15) is 27.2 Å². The fourth-order valence-electron chi connectivity index (χ4n) is 2.38. The van der Waals surface area contributed by atoms with Crippen molar-refractivity contribution in [2.24, 2.45) is 0 Å². The van der Waals surface area contributed by atoms with Gasteiger partial charge in [0.25, 0.3) is 0 Å². The maximum absolute atomic E-state index is 12.0. The largest absolute Gasteiger partial charge is 0.491 e. The van der Waals surface area contributed by atoms with Crippen LogP contribution in [0.25, 0.3) is 0 Å². The average Bonchev–Trinajstić information content (AvgIpc) is 3.06. The van der Waals surface area contributed by atoms with Crippen LogP contribution in [0.4, 0.5) is 4.79 Å². The molecule has 0 saturated heterocycles. The summed E-state index contributed by atoms with van der Waals surface area (Å²) in [6, 6.07) is 5.72. The Morgan fingerprint density at radius 2 is 2.27 bits per heavy atom. The summed E-state index contributed by atoms with van der Waals surface area (Å²) in [5.41, 5.74) is 2.19. The minimum atomic E-state index is -0.191. The number of aromatic nitrogens is 2. The lowest BCUT2D eigenvalue weighted by molar-refractivity contribution is 0.232. The van der Waals surface area contributed by atoms with Crippen molar-refractivity contribution in [3.8, 4) is 5.75 Å². The number of nitrogens with one attached hydrogen (secondary N) is 2. The van der Waals surface area contributed by atoms with E-state index < -0.39 is 0 Å². The Morgan fingerprint density at radius 3 is 3.05 bits per heavy atom. The molecular formula is C15H18N4O2S. The summed E-state index contributed by atoms with van der Waals surface area (Å²) < 4.78 is 5.58. The smallest absolute Gasteiger partial charge is 0.315 e. The van der Waals surface area contributed by atoms with Crippen LogP contribution >= 0.6 is 11.3 Å². The van der Waals surface area contributed by atoms with Crippen molar-refractivity contribution in [1.29, 1.82) is 0 Å². The van der Waals surface area contributed by atoms with E-state index >= 15 is 0 Å². The van der Waals surface area contributed by atoms with Gasteiger partial charge in [-0.3, -0.25) is 0 Å². The summed E-state index contributed by atoms with van der Waals surface area (Å²) in [7, 11) is 0. The van der Waals surface area contributed by atoms with Crippen LogP contribution in [0.5, 0.6) is 5.75 Å². The molecule has 7 heteroatoms. The quantitative estimate of drug-likeness (QED) is 0.905. The highest BCUT2D eigenvalue weighted by Crippen LogP contribution is 2.32. The number of rotatable bonds is 4. The number of benzene rings is 1. The number of amides is 2. The number of nitrogens with zero attached hydrogens (tertiary/aromatic N) is 2. The van der Waals surface area contributed by atoms with Gasteiger partial charge in [0.15, 0.2) is 0 Å².